The van der Waals surface area contributed by atoms with Crippen molar-refractivity contribution >= 4 is 40.4 Å². The summed E-state index contributed by atoms with van der Waals surface area (Å²) in [5, 5.41) is 7.70. The predicted octanol–water partition coefficient (Wildman–Crippen LogP) is 4.05. The molecule has 7 nitrogen and oxygen atoms in total. The van der Waals surface area contributed by atoms with Crippen molar-refractivity contribution in [2.45, 2.75) is 26.8 Å². The molecule has 0 aliphatic carbocycles. The second-order valence-corrected chi connectivity index (χ2v) is 9.36. The normalized spacial score (nSPS) is 15.3. The van der Waals surface area contributed by atoms with Crippen molar-refractivity contribution in [2.24, 2.45) is 5.92 Å². The third kappa shape index (κ3) is 5.82. The SMILES string of the molecule is Cc1ccc(NC(=O)COc2ccc(N3CC(C(=O)NCc4cccs4)CC3=O)cc2)cc1C. The third-order valence-corrected chi connectivity index (χ3v) is 6.70. The van der Waals surface area contributed by atoms with Crippen molar-refractivity contribution < 1.29 is 19.1 Å². The van der Waals surface area contributed by atoms with E-state index < -0.39 is 0 Å². The van der Waals surface area contributed by atoms with E-state index in [1.54, 1.807) is 40.5 Å². The van der Waals surface area contributed by atoms with Gasteiger partial charge in [0, 0.05) is 29.2 Å². The molecule has 2 N–H and O–H groups in total. The number of amides is 3. The summed E-state index contributed by atoms with van der Waals surface area (Å²) in [6.07, 6.45) is 0.188. The van der Waals surface area contributed by atoms with Gasteiger partial charge in [0.1, 0.15) is 5.75 Å². The number of benzene rings is 2. The van der Waals surface area contributed by atoms with Gasteiger partial charge in [-0.15, -0.1) is 11.3 Å². The van der Waals surface area contributed by atoms with E-state index in [1.165, 1.54) is 0 Å². The molecule has 3 aromatic rings. The number of hydrogen-bond donors (Lipinski definition) is 2. The lowest BCUT2D eigenvalue weighted by Gasteiger charge is -2.17. The summed E-state index contributed by atoms with van der Waals surface area (Å²) in [5.74, 6) is -0.302. The minimum Gasteiger partial charge on any atom is -0.484 e. The van der Waals surface area contributed by atoms with E-state index in [-0.39, 0.29) is 36.7 Å². The highest BCUT2D eigenvalue weighted by Crippen LogP contribution is 2.27. The van der Waals surface area contributed by atoms with E-state index in [2.05, 4.69) is 10.6 Å². The zero-order chi connectivity index (χ0) is 24.1. The Morgan fingerprint density at radius 1 is 1.09 bits per heavy atom. The molecule has 1 saturated heterocycles. The minimum atomic E-state index is -0.377. The minimum absolute atomic E-state index is 0.0855. The van der Waals surface area contributed by atoms with Crippen LogP contribution in [0.25, 0.3) is 0 Å². The van der Waals surface area contributed by atoms with Gasteiger partial charge < -0.3 is 20.3 Å². The molecule has 4 rings (SSSR count). The first-order chi connectivity index (χ1) is 16.4. The first kappa shape index (κ1) is 23.5. The van der Waals surface area contributed by atoms with Gasteiger partial charge in [0.15, 0.2) is 6.61 Å². The first-order valence-electron chi connectivity index (χ1n) is 11.1. The highest BCUT2D eigenvalue weighted by molar-refractivity contribution is 7.09. The molecule has 2 heterocycles. The smallest absolute Gasteiger partial charge is 0.262 e. The molecule has 1 aliphatic rings. The van der Waals surface area contributed by atoms with E-state index in [9.17, 15) is 14.4 Å². The van der Waals surface area contributed by atoms with Crippen LogP contribution < -0.4 is 20.3 Å². The topological polar surface area (TPSA) is 87.7 Å². The molecule has 1 unspecified atom stereocenters. The lowest BCUT2D eigenvalue weighted by molar-refractivity contribution is -0.126. The van der Waals surface area contributed by atoms with Crippen LogP contribution in [0.4, 0.5) is 11.4 Å². The Bertz CT molecular complexity index is 1180. The maximum atomic E-state index is 12.5. The number of anilines is 2. The molecule has 1 aliphatic heterocycles. The molecule has 1 atom stereocenters. The molecule has 1 fully saturated rings. The van der Waals surface area contributed by atoms with Gasteiger partial charge in [0.25, 0.3) is 5.91 Å². The number of carbonyl (C=O) groups is 3. The van der Waals surface area contributed by atoms with Crippen LogP contribution in [-0.2, 0) is 20.9 Å². The number of hydrogen-bond acceptors (Lipinski definition) is 5. The molecular formula is C26H27N3O4S. The molecule has 3 amide bonds. The summed E-state index contributed by atoms with van der Waals surface area (Å²) in [7, 11) is 0. The van der Waals surface area contributed by atoms with Crippen molar-refractivity contribution in [3.8, 4) is 5.75 Å². The van der Waals surface area contributed by atoms with Gasteiger partial charge in [-0.3, -0.25) is 14.4 Å². The number of aryl methyl sites for hydroxylation is 2. The maximum Gasteiger partial charge on any atom is 0.262 e. The second-order valence-electron chi connectivity index (χ2n) is 8.33. The van der Waals surface area contributed by atoms with E-state index >= 15 is 0 Å². The summed E-state index contributed by atoms with van der Waals surface area (Å²) < 4.78 is 5.59. The number of carbonyl (C=O) groups excluding carboxylic acids is 3. The lowest BCUT2D eigenvalue weighted by atomic mass is 10.1. The first-order valence-corrected chi connectivity index (χ1v) is 12.0. The summed E-state index contributed by atoms with van der Waals surface area (Å²) >= 11 is 1.58. The van der Waals surface area contributed by atoms with E-state index in [0.717, 1.165) is 21.7 Å². The summed E-state index contributed by atoms with van der Waals surface area (Å²) in [6.45, 7) is 4.71. The van der Waals surface area contributed by atoms with Crippen LogP contribution in [0.2, 0.25) is 0 Å². The van der Waals surface area contributed by atoms with Crippen LogP contribution in [0.1, 0.15) is 22.4 Å². The Balaban J connectivity index is 1.27. The van der Waals surface area contributed by atoms with Crippen LogP contribution in [0.15, 0.2) is 60.0 Å². The largest absolute Gasteiger partial charge is 0.484 e. The average Bonchev–Trinajstić information content (AvgIpc) is 3.49. The molecule has 8 heteroatoms. The van der Waals surface area contributed by atoms with Crippen molar-refractivity contribution in [3.05, 3.63) is 76.0 Å². The van der Waals surface area contributed by atoms with Crippen LogP contribution >= 0.6 is 11.3 Å². The number of nitrogens with zero attached hydrogens (tertiary/aromatic N) is 1. The standard InChI is InChI=1S/C26H27N3O4S/c1-17-5-6-20(12-18(17)2)28-24(30)16-33-22-9-7-21(8-10-22)29-15-19(13-25(29)31)26(32)27-14-23-4-3-11-34-23/h3-12,19H,13-16H2,1-2H3,(H,27,32)(H,28,30). The summed E-state index contributed by atoms with van der Waals surface area (Å²) in [5.41, 5.74) is 3.70. The van der Waals surface area contributed by atoms with Gasteiger partial charge in [-0.25, -0.2) is 0 Å². The number of thiophene rings is 1. The van der Waals surface area contributed by atoms with Crippen LogP contribution in [0.3, 0.4) is 0 Å². The second kappa shape index (κ2) is 10.5. The van der Waals surface area contributed by atoms with Crippen molar-refractivity contribution in [3.63, 3.8) is 0 Å². The summed E-state index contributed by atoms with van der Waals surface area (Å²) in [6, 6.07) is 16.6. The quantitative estimate of drug-likeness (QED) is 0.512. The van der Waals surface area contributed by atoms with Gasteiger partial charge in [0.2, 0.25) is 11.8 Å². The van der Waals surface area contributed by atoms with Gasteiger partial charge in [-0.1, -0.05) is 12.1 Å². The lowest BCUT2D eigenvalue weighted by Crippen LogP contribution is -2.32. The Kier molecular flexibility index (Phi) is 7.27. The molecule has 0 bridgehead atoms. The predicted molar refractivity (Wildman–Crippen MR) is 133 cm³/mol. The monoisotopic (exact) mass is 477 g/mol. The van der Waals surface area contributed by atoms with E-state index in [4.69, 9.17) is 4.74 Å². The third-order valence-electron chi connectivity index (χ3n) is 5.82. The Hall–Kier alpha value is -3.65. The Morgan fingerprint density at radius 2 is 1.88 bits per heavy atom. The molecule has 0 saturated carbocycles. The number of ether oxygens (including phenoxy) is 1. The Morgan fingerprint density at radius 3 is 2.59 bits per heavy atom. The van der Waals surface area contributed by atoms with Gasteiger partial charge in [0.05, 0.1) is 12.5 Å². The molecule has 176 valence electrons. The van der Waals surface area contributed by atoms with Crippen molar-refractivity contribution in [1.82, 2.24) is 5.32 Å². The molecule has 2 aromatic carbocycles. The van der Waals surface area contributed by atoms with Gasteiger partial charge >= 0.3 is 0 Å². The van der Waals surface area contributed by atoms with Crippen LogP contribution in [0.5, 0.6) is 5.75 Å². The Labute approximate surface area is 202 Å². The highest BCUT2D eigenvalue weighted by atomic mass is 32.1. The average molecular weight is 478 g/mol. The number of nitrogens with one attached hydrogen (secondary N) is 2. The highest BCUT2D eigenvalue weighted by Gasteiger charge is 2.35. The number of rotatable bonds is 8. The van der Waals surface area contributed by atoms with Gasteiger partial charge in [-0.2, -0.15) is 0 Å². The van der Waals surface area contributed by atoms with Crippen LogP contribution in [0, 0.1) is 19.8 Å². The summed E-state index contributed by atoms with van der Waals surface area (Å²) in [4.78, 5) is 39.9. The maximum absolute atomic E-state index is 12.5. The van der Waals surface area contributed by atoms with Crippen molar-refractivity contribution in [1.29, 1.82) is 0 Å². The fourth-order valence-electron chi connectivity index (χ4n) is 3.75. The van der Waals surface area contributed by atoms with Crippen LogP contribution in [-0.4, -0.2) is 30.9 Å². The zero-order valence-electron chi connectivity index (χ0n) is 19.2. The zero-order valence-corrected chi connectivity index (χ0v) is 20.0. The fraction of sp³-hybridized carbons (Fsp3) is 0.269. The van der Waals surface area contributed by atoms with E-state index in [1.807, 2.05) is 49.6 Å². The molecule has 0 radical (unpaired) electrons. The van der Waals surface area contributed by atoms with Gasteiger partial charge in [-0.05, 0) is 72.8 Å². The molecule has 0 spiro atoms. The molecule has 34 heavy (non-hydrogen) atoms. The molecule has 1 aromatic heterocycles. The van der Waals surface area contributed by atoms with Crippen molar-refractivity contribution in [2.75, 3.05) is 23.4 Å². The molecular weight excluding hydrogens is 450 g/mol. The van der Waals surface area contributed by atoms with E-state index in [0.29, 0.717) is 24.5 Å². The fourth-order valence-corrected chi connectivity index (χ4v) is 4.40.